The largest absolute Gasteiger partial charge is 0.497 e. The van der Waals surface area contributed by atoms with Crippen LogP contribution in [0.1, 0.15) is 16.2 Å². The van der Waals surface area contributed by atoms with Crippen molar-refractivity contribution in [3.05, 3.63) is 60.2 Å². The number of aromatic nitrogens is 3. The molecule has 0 aliphatic carbocycles. The number of nitrogens with zero attached hydrogens (tertiary/aromatic N) is 3. The Hall–Kier alpha value is -3.22. The second kappa shape index (κ2) is 6.69. The fourth-order valence-corrected chi connectivity index (χ4v) is 1.95. The SMILES string of the molecule is COc1cccc(-c2noc(C(=O)NCc3ccncc3)n2)c1. The topological polar surface area (TPSA) is 90.1 Å². The summed E-state index contributed by atoms with van der Waals surface area (Å²) < 4.78 is 10.2. The molecule has 0 fully saturated rings. The first-order chi connectivity index (χ1) is 11.3. The first-order valence-electron chi connectivity index (χ1n) is 6.91. The number of nitrogens with one attached hydrogen (secondary N) is 1. The highest BCUT2D eigenvalue weighted by atomic mass is 16.5. The molecule has 0 atom stereocenters. The average molecular weight is 310 g/mol. The maximum Gasteiger partial charge on any atom is 0.316 e. The van der Waals surface area contributed by atoms with Crippen molar-refractivity contribution in [2.45, 2.75) is 6.54 Å². The zero-order valence-corrected chi connectivity index (χ0v) is 12.4. The molecule has 0 aliphatic heterocycles. The molecule has 0 saturated heterocycles. The van der Waals surface area contributed by atoms with Crippen LogP contribution in [-0.2, 0) is 6.54 Å². The van der Waals surface area contributed by atoms with Crippen LogP contribution in [0.15, 0.2) is 53.3 Å². The summed E-state index contributed by atoms with van der Waals surface area (Å²) in [5.41, 5.74) is 1.64. The molecule has 0 radical (unpaired) electrons. The van der Waals surface area contributed by atoms with E-state index in [1.807, 2.05) is 30.3 Å². The van der Waals surface area contributed by atoms with Crippen molar-refractivity contribution in [1.82, 2.24) is 20.4 Å². The molecule has 7 heteroatoms. The van der Waals surface area contributed by atoms with Crippen molar-refractivity contribution in [1.29, 1.82) is 0 Å². The number of pyridine rings is 1. The fourth-order valence-electron chi connectivity index (χ4n) is 1.95. The Labute approximate surface area is 132 Å². The monoisotopic (exact) mass is 310 g/mol. The Morgan fingerprint density at radius 3 is 2.87 bits per heavy atom. The van der Waals surface area contributed by atoms with Crippen LogP contribution in [0.4, 0.5) is 0 Å². The van der Waals surface area contributed by atoms with Crippen LogP contribution >= 0.6 is 0 Å². The lowest BCUT2D eigenvalue weighted by Gasteiger charge is -2.01. The van der Waals surface area contributed by atoms with Gasteiger partial charge in [0.1, 0.15) is 5.75 Å². The summed E-state index contributed by atoms with van der Waals surface area (Å²) in [6.45, 7) is 0.359. The molecule has 2 aromatic heterocycles. The molecule has 1 amide bonds. The molecular weight excluding hydrogens is 296 g/mol. The summed E-state index contributed by atoms with van der Waals surface area (Å²) in [7, 11) is 1.58. The summed E-state index contributed by atoms with van der Waals surface area (Å²) in [6.07, 6.45) is 3.32. The Bertz CT molecular complexity index is 802. The molecule has 0 bridgehead atoms. The molecule has 23 heavy (non-hydrogen) atoms. The van der Waals surface area contributed by atoms with E-state index in [9.17, 15) is 4.79 Å². The number of hydrogen-bond acceptors (Lipinski definition) is 6. The lowest BCUT2D eigenvalue weighted by atomic mass is 10.2. The van der Waals surface area contributed by atoms with Gasteiger partial charge in [-0.3, -0.25) is 9.78 Å². The van der Waals surface area contributed by atoms with Gasteiger partial charge in [-0.25, -0.2) is 0 Å². The molecular formula is C16H14N4O3. The number of ether oxygens (including phenoxy) is 1. The Kier molecular flexibility index (Phi) is 4.28. The standard InChI is InChI=1S/C16H14N4O3/c1-22-13-4-2-3-12(9-13)14-19-16(23-20-14)15(21)18-10-11-5-7-17-8-6-11/h2-9H,10H2,1H3,(H,18,21). The Morgan fingerprint density at radius 2 is 2.09 bits per heavy atom. The normalized spacial score (nSPS) is 10.3. The summed E-state index contributed by atoms with van der Waals surface area (Å²) in [4.78, 5) is 20.1. The van der Waals surface area contributed by atoms with Crippen molar-refractivity contribution in [3.8, 4) is 17.1 Å². The van der Waals surface area contributed by atoms with E-state index in [-0.39, 0.29) is 5.89 Å². The number of amides is 1. The van der Waals surface area contributed by atoms with Gasteiger partial charge in [0.05, 0.1) is 7.11 Å². The first kappa shape index (κ1) is 14.7. The molecule has 1 aromatic carbocycles. The van der Waals surface area contributed by atoms with Crippen molar-refractivity contribution >= 4 is 5.91 Å². The van der Waals surface area contributed by atoms with Crippen LogP contribution in [0, 0.1) is 0 Å². The predicted octanol–water partition coefficient (Wildman–Crippen LogP) is 2.07. The van der Waals surface area contributed by atoms with Gasteiger partial charge in [-0.2, -0.15) is 4.98 Å². The van der Waals surface area contributed by atoms with Gasteiger partial charge < -0.3 is 14.6 Å². The third kappa shape index (κ3) is 3.52. The lowest BCUT2D eigenvalue weighted by Crippen LogP contribution is -2.23. The third-order valence-corrected chi connectivity index (χ3v) is 3.15. The van der Waals surface area contributed by atoms with E-state index in [0.29, 0.717) is 23.7 Å². The average Bonchev–Trinajstić information content (AvgIpc) is 3.11. The van der Waals surface area contributed by atoms with Gasteiger partial charge >= 0.3 is 11.8 Å². The van der Waals surface area contributed by atoms with Crippen LogP contribution in [0.5, 0.6) is 5.75 Å². The van der Waals surface area contributed by atoms with Crippen molar-refractivity contribution in [2.24, 2.45) is 0 Å². The van der Waals surface area contributed by atoms with Crippen molar-refractivity contribution in [3.63, 3.8) is 0 Å². The van der Waals surface area contributed by atoms with Crippen LogP contribution < -0.4 is 10.1 Å². The molecule has 3 rings (SSSR count). The number of rotatable bonds is 5. The molecule has 3 aromatic rings. The first-order valence-corrected chi connectivity index (χ1v) is 6.91. The molecule has 0 aliphatic rings. The van der Waals surface area contributed by atoms with E-state index in [4.69, 9.17) is 9.26 Å². The summed E-state index contributed by atoms with van der Waals surface area (Å²) in [6, 6.07) is 10.8. The maximum atomic E-state index is 12.0. The van der Waals surface area contributed by atoms with E-state index in [0.717, 1.165) is 5.56 Å². The van der Waals surface area contributed by atoms with E-state index in [1.54, 1.807) is 25.6 Å². The summed E-state index contributed by atoms with van der Waals surface area (Å²) >= 11 is 0. The summed E-state index contributed by atoms with van der Waals surface area (Å²) in [5, 5.41) is 6.54. The van der Waals surface area contributed by atoms with Crippen LogP contribution in [0.2, 0.25) is 0 Å². The van der Waals surface area contributed by atoms with Gasteiger partial charge in [-0.05, 0) is 29.8 Å². The second-order valence-electron chi connectivity index (χ2n) is 4.69. The predicted molar refractivity (Wildman–Crippen MR) is 81.7 cm³/mol. The van der Waals surface area contributed by atoms with Crippen LogP contribution in [-0.4, -0.2) is 28.1 Å². The number of carbonyl (C=O) groups is 1. The van der Waals surface area contributed by atoms with Gasteiger partial charge in [-0.15, -0.1) is 0 Å². The molecule has 116 valence electrons. The minimum absolute atomic E-state index is 0.0862. The van der Waals surface area contributed by atoms with Gasteiger partial charge in [0.25, 0.3) is 0 Å². The number of carbonyl (C=O) groups excluding carboxylic acids is 1. The molecule has 0 unspecified atom stereocenters. The summed E-state index contributed by atoms with van der Waals surface area (Å²) in [5.74, 6) is 0.495. The van der Waals surface area contributed by atoms with E-state index >= 15 is 0 Å². The molecule has 0 saturated carbocycles. The van der Waals surface area contributed by atoms with Gasteiger partial charge in [0, 0.05) is 24.5 Å². The van der Waals surface area contributed by atoms with Gasteiger partial charge in [-0.1, -0.05) is 17.3 Å². The molecule has 1 N–H and O–H groups in total. The minimum atomic E-state index is -0.427. The van der Waals surface area contributed by atoms with Gasteiger partial charge in [0.15, 0.2) is 0 Å². The highest BCUT2D eigenvalue weighted by Crippen LogP contribution is 2.21. The quantitative estimate of drug-likeness (QED) is 0.776. The van der Waals surface area contributed by atoms with Crippen molar-refractivity contribution in [2.75, 3.05) is 7.11 Å². The minimum Gasteiger partial charge on any atom is -0.497 e. The maximum absolute atomic E-state index is 12.0. The second-order valence-corrected chi connectivity index (χ2v) is 4.69. The lowest BCUT2D eigenvalue weighted by molar-refractivity contribution is 0.0907. The van der Waals surface area contributed by atoms with Crippen molar-refractivity contribution < 1.29 is 14.1 Å². The number of methoxy groups -OCH3 is 1. The molecule has 7 nitrogen and oxygen atoms in total. The Balaban J connectivity index is 1.69. The van der Waals surface area contributed by atoms with Crippen LogP contribution in [0.25, 0.3) is 11.4 Å². The van der Waals surface area contributed by atoms with Gasteiger partial charge in [0.2, 0.25) is 5.82 Å². The zero-order valence-electron chi connectivity index (χ0n) is 12.4. The van der Waals surface area contributed by atoms with E-state index in [2.05, 4.69) is 20.4 Å². The fraction of sp³-hybridized carbons (Fsp3) is 0.125. The van der Waals surface area contributed by atoms with E-state index in [1.165, 1.54) is 0 Å². The Morgan fingerprint density at radius 1 is 1.26 bits per heavy atom. The number of benzene rings is 1. The molecule has 0 spiro atoms. The number of hydrogen-bond donors (Lipinski definition) is 1. The molecule has 2 heterocycles. The zero-order chi connectivity index (χ0) is 16.1. The van der Waals surface area contributed by atoms with Crippen LogP contribution in [0.3, 0.4) is 0 Å². The third-order valence-electron chi connectivity index (χ3n) is 3.15. The smallest absolute Gasteiger partial charge is 0.316 e. The highest BCUT2D eigenvalue weighted by molar-refractivity contribution is 5.89. The van der Waals surface area contributed by atoms with E-state index < -0.39 is 5.91 Å². The highest BCUT2D eigenvalue weighted by Gasteiger charge is 2.16.